The summed E-state index contributed by atoms with van der Waals surface area (Å²) in [6.07, 6.45) is 0. The summed E-state index contributed by atoms with van der Waals surface area (Å²) >= 11 is 5.76. The summed E-state index contributed by atoms with van der Waals surface area (Å²) in [4.78, 5) is 34.5. The van der Waals surface area contributed by atoms with Gasteiger partial charge < -0.3 is 9.47 Å². The Balaban J connectivity index is 1.71. The molecule has 0 bridgehead atoms. The Kier molecular flexibility index (Phi) is 4.40. The first-order valence-corrected chi connectivity index (χ1v) is 7.28. The number of nitro groups is 1. The van der Waals surface area contributed by atoms with E-state index in [1.165, 1.54) is 18.2 Å². The second-order valence-corrected chi connectivity index (χ2v) is 5.33. The zero-order valence-electron chi connectivity index (χ0n) is 12.4. The zero-order chi connectivity index (χ0) is 18.0. The molecule has 0 saturated heterocycles. The number of amides is 2. The van der Waals surface area contributed by atoms with E-state index in [-0.39, 0.29) is 22.9 Å². The van der Waals surface area contributed by atoms with Gasteiger partial charge in [0.1, 0.15) is 5.56 Å². The minimum Gasteiger partial charge on any atom is -0.454 e. The van der Waals surface area contributed by atoms with Gasteiger partial charge in [-0.1, -0.05) is 11.6 Å². The molecule has 3 rings (SSSR count). The fourth-order valence-corrected chi connectivity index (χ4v) is 2.31. The highest BCUT2D eigenvalue weighted by Gasteiger charge is 2.21. The maximum absolute atomic E-state index is 12.1. The van der Waals surface area contributed by atoms with Crippen molar-refractivity contribution in [2.24, 2.45) is 0 Å². The number of hydrogen-bond acceptors (Lipinski definition) is 6. The molecule has 1 aliphatic heterocycles. The molecule has 0 spiro atoms. The van der Waals surface area contributed by atoms with Crippen LogP contribution in [0, 0.1) is 10.1 Å². The van der Waals surface area contributed by atoms with Gasteiger partial charge in [0.2, 0.25) is 6.79 Å². The minimum absolute atomic E-state index is 0.0651. The molecule has 2 N–H and O–H groups in total. The van der Waals surface area contributed by atoms with Crippen molar-refractivity contribution in [2.45, 2.75) is 0 Å². The highest BCUT2D eigenvalue weighted by atomic mass is 35.5. The van der Waals surface area contributed by atoms with Gasteiger partial charge in [-0.15, -0.1) is 0 Å². The van der Waals surface area contributed by atoms with Crippen LogP contribution in [0.25, 0.3) is 0 Å². The Morgan fingerprint density at radius 3 is 2.52 bits per heavy atom. The van der Waals surface area contributed by atoms with E-state index in [1.54, 1.807) is 6.07 Å². The number of rotatable bonds is 3. The van der Waals surface area contributed by atoms with Gasteiger partial charge in [-0.05, 0) is 30.3 Å². The Bertz CT molecular complexity index is 886. The average Bonchev–Trinajstić information content (AvgIpc) is 3.06. The smallest absolute Gasteiger partial charge is 0.282 e. The van der Waals surface area contributed by atoms with E-state index >= 15 is 0 Å². The molecule has 10 heteroatoms. The molecule has 1 aliphatic rings. The largest absolute Gasteiger partial charge is 0.454 e. The molecule has 0 aromatic heterocycles. The van der Waals surface area contributed by atoms with E-state index in [0.29, 0.717) is 11.5 Å². The monoisotopic (exact) mass is 363 g/mol. The van der Waals surface area contributed by atoms with E-state index in [0.717, 1.165) is 12.1 Å². The molecular formula is C15H10ClN3O6. The van der Waals surface area contributed by atoms with Gasteiger partial charge in [-0.25, -0.2) is 0 Å². The van der Waals surface area contributed by atoms with Gasteiger partial charge in [0, 0.05) is 16.7 Å². The van der Waals surface area contributed by atoms with Crippen LogP contribution < -0.4 is 20.3 Å². The van der Waals surface area contributed by atoms with Crippen LogP contribution in [0.1, 0.15) is 20.7 Å². The predicted molar refractivity (Wildman–Crippen MR) is 85.6 cm³/mol. The second kappa shape index (κ2) is 6.65. The summed E-state index contributed by atoms with van der Waals surface area (Å²) in [6, 6.07) is 8.03. The van der Waals surface area contributed by atoms with Gasteiger partial charge >= 0.3 is 0 Å². The number of hydrazine groups is 1. The number of nitro benzene ring substituents is 1. The number of halogens is 1. The van der Waals surface area contributed by atoms with Crippen LogP contribution in [0.3, 0.4) is 0 Å². The van der Waals surface area contributed by atoms with Crippen molar-refractivity contribution in [1.82, 2.24) is 10.9 Å². The lowest BCUT2D eigenvalue weighted by atomic mass is 10.1. The summed E-state index contributed by atoms with van der Waals surface area (Å²) in [5.74, 6) is -0.584. The minimum atomic E-state index is -0.872. The maximum Gasteiger partial charge on any atom is 0.282 e. The third-order valence-electron chi connectivity index (χ3n) is 3.32. The average molecular weight is 364 g/mol. The summed E-state index contributed by atoms with van der Waals surface area (Å²) in [5, 5.41) is 11.1. The van der Waals surface area contributed by atoms with E-state index < -0.39 is 22.4 Å². The molecule has 0 saturated carbocycles. The molecular weight excluding hydrogens is 354 g/mol. The van der Waals surface area contributed by atoms with Crippen molar-refractivity contribution < 1.29 is 24.0 Å². The number of hydrogen-bond donors (Lipinski definition) is 2. The summed E-state index contributed by atoms with van der Waals surface area (Å²) in [5.41, 5.74) is 3.79. The lowest BCUT2D eigenvalue weighted by Gasteiger charge is -2.08. The summed E-state index contributed by atoms with van der Waals surface area (Å²) in [6.45, 7) is 0.0651. The molecule has 2 amide bonds. The number of fused-ring (bicyclic) bond motifs is 1. The molecule has 1 heterocycles. The van der Waals surface area contributed by atoms with Gasteiger partial charge in [0.05, 0.1) is 4.92 Å². The van der Waals surface area contributed by atoms with Crippen LogP contribution in [0.5, 0.6) is 11.5 Å². The molecule has 25 heavy (non-hydrogen) atoms. The van der Waals surface area contributed by atoms with Crippen molar-refractivity contribution in [2.75, 3.05) is 6.79 Å². The molecule has 0 radical (unpaired) electrons. The second-order valence-electron chi connectivity index (χ2n) is 4.89. The van der Waals surface area contributed by atoms with Gasteiger partial charge in [-0.3, -0.25) is 30.6 Å². The third-order valence-corrected chi connectivity index (χ3v) is 3.56. The normalized spacial score (nSPS) is 11.7. The zero-order valence-corrected chi connectivity index (χ0v) is 13.2. The molecule has 0 unspecified atom stereocenters. The van der Waals surface area contributed by atoms with Crippen LogP contribution in [-0.2, 0) is 0 Å². The van der Waals surface area contributed by atoms with Crippen LogP contribution in [0.2, 0.25) is 5.02 Å². The number of nitrogens with one attached hydrogen (secondary N) is 2. The van der Waals surface area contributed by atoms with Crippen molar-refractivity contribution in [3.63, 3.8) is 0 Å². The lowest BCUT2D eigenvalue weighted by molar-refractivity contribution is -0.385. The fraction of sp³-hybridized carbons (Fsp3) is 0.0667. The lowest BCUT2D eigenvalue weighted by Crippen LogP contribution is -2.41. The number of carbonyl (C=O) groups excluding carboxylic acids is 2. The Hall–Kier alpha value is -3.33. The first kappa shape index (κ1) is 16.5. The SMILES string of the molecule is O=C(NNC(=O)c1cc(Cl)ccc1[N+](=O)[O-])c1ccc2c(c1)OCO2. The van der Waals surface area contributed by atoms with Crippen molar-refractivity contribution in [1.29, 1.82) is 0 Å². The molecule has 128 valence electrons. The number of benzene rings is 2. The Morgan fingerprint density at radius 2 is 1.76 bits per heavy atom. The molecule has 0 atom stereocenters. The number of carbonyl (C=O) groups is 2. The standard InChI is InChI=1S/C15H10ClN3O6/c16-9-2-3-11(19(22)23)10(6-9)15(21)18-17-14(20)8-1-4-12-13(5-8)25-7-24-12/h1-6H,7H2,(H,17,20)(H,18,21). The van der Waals surface area contributed by atoms with E-state index in [9.17, 15) is 19.7 Å². The van der Waals surface area contributed by atoms with Gasteiger partial charge in [-0.2, -0.15) is 0 Å². The van der Waals surface area contributed by atoms with Crippen LogP contribution in [0.4, 0.5) is 5.69 Å². The summed E-state index contributed by atoms with van der Waals surface area (Å²) < 4.78 is 10.3. The first-order valence-electron chi connectivity index (χ1n) is 6.90. The van der Waals surface area contributed by atoms with Crippen molar-refractivity contribution in [3.05, 3.63) is 62.7 Å². The highest BCUT2D eigenvalue weighted by Crippen LogP contribution is 2.32. The van der Waals surface area contributed by atoms with E-state index in [1.807, 2.05) is 0 Å². The highest BCUT2D eigenvalue weighted by molar-refractivity contribution is 6.31. The maximum atomic E-state index is 12.1. The molecule has 0 fully saturated rings. The predicted octanol–water partition coefficient (Wildman–Crippen LogP) is 2.05. The summed E-state index contributed by atoms with van der Waals surface area (Å²) in [7, 11) is 0. The van der Waals surface area contributed by atoms with Crippen LogP contribution in [0.15, 0.2) is 36.4 Å². The van der Waals surface area contributed by atoms with Gasteiger partial charge in [0.25, 0.3) is 17.5 Å². The number of ether oxygens (including phenoxy) is 2. The molecule has 9 nitrogen and oxygen atoms in total. The quantitative estimate of drug-likeness (QED) is 0.636. The first-order chi connectivity index (χ1) is 12.0. The van der Waals surface area contributed by atoms with E-state index in [2.05, 4.69) is 10.9 Å². The van der Waals surface area contributed by atoms with E-state index in [4.69, 9.17) is 21.1 Å². The third kappa shape index (κ3) is 3.45. The van der Waals surface area contributed by atoms with Crippen LogP contribution in [-0.4, -0.2) is 23.5 Å². The molecule has 2 aromatic carbocycles. The fourth-order valence-electron chi connectivity index (χ4n) is 2.14. The van der Waals surface area contributed by atoms with Crippen LogP contribution >= 0.6 is 11.6 Å². The van der Waals surface area contributed by atoms with Crippen molar-refractivity contribution >= 4 is 29.1 Å². The Labute approximate surface area is 145 Å². The molecule has 2 aromatic rings. The topological polar surface area (TPSA) is 120 Å². The number of nitrogens with zero attached hydrogens (tertiary/aromatic N) is 1. The van der Waals surface area contributed by atoms with Gasteiger partial charge in [0.15, 0.2) is 11.5 Å². The Morgan fingerprint density at radius 1 is 1.04 bits per heavy atom. The molecule has 0 aliphatic carbocycles. The van der Waals surface area contributed by atoms with Crippen molar-refractivity contribution in [3.8, 4) is 11.5 Å².